The van der Waals surface area contributed by atoms with Crippen LogP contribution in [0, 0.1) is 0 Å². The SMILES string of the molecule is CC(C)(C)c1cc(-n2c(-c3ccc(-c4ccccc4)cc3O)nc3c(-c4cccc(-c5cc(C(C)(C)C)ccn5)c4)cccc32)cc(C(C)(C)C)c1. The molecule has 262 valence electrons. The van der Waals surface area contributed by atoms with Crippen molar-refractivity contribution in [2.45, 2.75) is 78.6 Å². The van der Waals surface area contributed by atoms with Crippen molar-refractivity contribution in [2.75, 3.05) is 0 Å². The van der Waals surface area contributed by atoms with Crippen LogP contribution in [0.15, 0.2) is 128 Å². The first kappa shape index (κ1) is 34.9. The monoisotopic (exact) mass is 683 g/mol. The number of pyridine rings is 1. The van der Waals surface area contributed by atoms with E-state index in [4.69, 9.17) is 9.97 Å². The molecule has 0 radical (unpaired) electrons. The van der Waals surface area contributed by atoms with Crippen LogP contribution in [-0.2, 0) is 16.2 Å². The number of benzene rings is 5. The standard InChI is InChI=1S/C48H49N3O/c1-46(2,3)35-23-24-49-41(30-35)34-18-13-17-33(25-34)39-19-14-20-42-44(39)50-45(40-22-21-32(26-43(40)52)31-15-11-10-12-16-31)51(42)38-28-36(47(4,5)6)27-37(29-38)48(7,8)9/h10-30,52H,1-9H3. The van der Waals surface area contributed by atoms with E-state index in [-0.39, 0.29) is 22.0 Å². The van der Waals surface area contributed by atoms with Crippen LogP contribution in [0.1, 0.15) is 79.0 Å². The van der Waals surface area contributed by atoms with E-state index in [2.05, 4.69) is 158 Å². The maximum absolute atomic E-state index is 11.7. The van der Waals surface area contributed by atoms with Gasteiger partial charge >= 0.3 is 0 Å². The van der Waals surface area contributed by atoms with Crippen molar-refractivity contribution in [1.82, 2.24) is 14.5 Å². The van der Waals surface area contributed by atoms with Crippen molar-refractivity contribution in [3.05, 3.63) is 144 Å². The predicted octanol–water partition coefficient (Wildman–Crippen LogP) is 12.7. The topological polar surface area (TPSA) is 50.9 Å². The Bertz CT molecular complexity index is 2380. The van der Waals surface area contributed by atoms with Crippen molar-refractivity contribution in [2.24, 2.45) is 0 Å². The van der Waals surface area contributed by atoms with E-state index >= 15 is 0 Å². The van der Waals surface area contributed by atoms with Gasteiger partial charge in [-0.3, -0.25) is 9.55 Å². The molecule has 52 heavy (non-hydrogen) atoms. The lowest BCUT2D eigenvalue weighted by Crippen LogP contribution is -2.17. The molecule has 4 nitrogen and oxygen atoms in total. The minimum Gasteiger partial charge on any atom is -0.507 e. The fourth-order valence-electron chi connectivity index (χ4n) is 6.81. The van der Waals surface area contributed by atoms with Crippen LogP contribution in [0.25, 0.3) is 61.6 Å². The quantitative estimate of drug-likeness (QED) is 0.196. The van der Waals surface area contributed by atoms with Crippen LogP contribution < -0.4 is 0 Å². The van der Waals surface area contributed by atoms with Gasteiger partial charge in [0.05, 0.1) is 22.3 Å². The molecule has 0 bridgehead atoms. The zero-order valence-corrected chi connectivity index (χ0v) is 31.9. The Balaban J connectivity index is 1.48. The van der Waals surface area contributed by atoms with Gasteiger partial charge in [0, 0.05) is 23.0 Å². The molecule has 1 N–H and O–H groups in total. The van der Waals surface area contributed by atoms with Gasteiger partial charge < -0.3 is 5.11 Å². The summed E-state index contributed by atoms with van der Waals surface area (Å²) in [4.78, 5) is 10.2. The maximum Gasteiger partial charge on any atom is 0.149 e. The smallest absolute Gasteiger partial charge is 0.149 e. The van der Waals surface area contributed by atoms with Crippen LogP contribution in [0.2, 0.25) is 0 Å². The number of rotatable bonds is 5. The Kier molecular flexibility index (Phi) is 8.69. The van der Waals surface area contributed by atoms with Gasteiger partial charge in [0.15, 0.2) is 0 Å². The van der Waals surface area contributed by atoms with Gasteiger partial charge in [-0.15, -0.1) is 0 Å². The molecule has 2 heterocycles. The Morgan fingerprint density at radius 2 is 1.13 bits per heavy atom. The number of hydrogen-bond donors (Lipinski definition) is 1. The number of para-hydroxylation sites is 1. The largest absolute Gasteiger partial charge is 0.507 e. The Hall–Kier alpha value is -5.48. The van der Waals surface area contributed by atoms with Gasteiger partial charge in [0.25, 0.3) is 0 Å². The number of aromatic nitrogens is 3. The van der Waals surface area contributed by atoms with Gasteiger partial charge in [-0.25, -0.2) is 4.98 Å². The Morgan fingerprint density at radius 1 is 0.500 bits per heavy atom. The lowest BCUT2D eigenvalue weighted by atomic mass is 9.80. The molecule has 0 unspecified atom stereocenters. The van der Waals surface area contributed by atoms with E-state index in [1.165, 1.54) is 16.7 Å². The lowest BCUT2D eigenvalue weighted by molar-refractivity contribution is 0.477. The first-order valence-electron chi connectivity index (χ1n) is 18.2. The van der Waals surface area contributed by atoms with Gasteiger partial charge in [0.2, 0.25) is 0 Å². The average molecular weight is 684 g/mol. The highest BCUT2D eigenvalue weighted by Crippen LogP contribution is 2.41. The van der Waals surface area contributed by atoms with Gasteiger partial charge in [-0.2, -0.15) is 0 Å². The third-order valence-corrected chi connectivity index (χ3v) is 10.0. The lowest BCUT2D eigenvalue weighted by Gasteiger charge is -2.27. The highest BCUT2D eigenvalue weighted by atomic mass is 16.3. The zero-order valence-electron chi connectivity index (χ0n) is 31.9. The van der Waals surface area contributed by atoms with Crippen molar-refractivity contribution in [3.8, 4) is 56.3 Å². The molecule has 0 spiro atoms. The highest BCUT2D eigenvalue weighted by molar-refractivity contribution is 5.96. The third kappa shape index (κ3) is 6.78. The number of nitrogens with zero attached hydrogens (tertiary/aromatic N) is 3. The van der Waals surface area contributed by atoms with E-state index in [9.17, 15) is 5.11 Å². The highest BCUT2D eigenvalue weighted by Gasteiger charge is 2.25. The summed E-state index contributed by atoms with van der Waals surface area (Å²) in [6, 6.07) is 42.3. The molecule has 0 saturated heterocycles. The van der Waals surface area contributed by atoms with Crippen molar-refractivity contribution >= 4 is 11.0 Å². The summed E-state index contributed by atoms with van der Waals surface area (Å²) in [5.74, 6) is 0.885. The molecule has 7 rings (SSSR count). The van der Waals surface area contributed by atoms with Crippen LogP contribution in [-0.4, -0.2) is 19.6 Å². The second kappa shape index (κ2) is 12.9. The molecule has 4 heteroatoms. The molecule has 0 aliphatic rings. The van der Waals surface area contributed by atoms with Crippen molar-refractivity contribution < 1.29 is 5.11 Å². The van der Waals surface area contributed by atoms with Crippen LogP contribution in [0.4, 0.5) is 0 Å². The van der Waals surface area contributed by atoms with E-state index in [0.29, 0.717) is 11.4 Å². The third-order valence-electron chi connectivity index (χ3n) is 10.0. The molecule has 0 aliphatic carbocycles. The first-order valence-corrected chi connectivity index (χ1v) is 18.2. The van der Waals surface area contributed by atoms with E-state index in [1.54, 1.807) is 0 Å². The normalized spacial score (nSPS) is 12.4. The summed E-state index contributed by atoms with van der Waals surface area (Å²) in [5, 5.41) is 11.7. The summed E-state index contributed by atoms with van der Waals surface area (Å²) >= 11 is 0. The minimum atomic E-state index is -0.0735. The average Bonchev–Trinajstić information content (AvgIpc) is 3.50. The van der Waals surface area contributed by atoms with E-state index in [1.807, 2.05) is 36.5 Å². The van der Waals surface area contributed by atoms with Crippen molar-refractivity contribution in [1.29, 1.82) is 0 Å². The number of imidazole rings is 1. The molecule has 2 aromatic heterocycles. The molecule has 0 saturated carbocycles. The molecule has 0 atom stereocenters. The number of phenols is 1. The molecule has 5 aromatic carbocycles. The summed E-state index contributed by atoms with van der Waals surface area (Å²) in [5.41, 5.74) is 13.3. The second-order valence-corrected chi connectivity index (χ2v) is 17.1. The van der Waals surface area contributed by atoms with Crippen LogP contribution >= 0.6 is 0 Å². The van der Waals surface area contributed by atoms with E-state index < -0.39 is 0 Å². The van der Waals surface area contributed by atoms with Gasteiger partial charge in [-0.05, 0) is 98.2 Å². The van der Waals surface area contributed by atoms with Crippen LogP contribution in [0.5, 0.6) is 5.75 Å². The van der Waals surface area contributed by atoms with Gasteiger partial charge in [-0.1, -0.05) is 135 Å². The fourth-order valence-corrected chi connectivity index (χ4v) is 6.81. The second-order valence-electron chi connectivity index (χ2n) is 17.1. The molecular weight excluding hydrogens is 635 g/mol. The Morgan fingerprint density at radius 3 is 1.79 bits per heavy atom. The molecule has 0 fully saturated rings. The zero-order chi connectivity index (χ0) is 37.0. The summed E-state index contributed by atoms with van der Waals surface area (Å²) in [7, 11) is 0. The predicted molar refractivity (Wildman–Crippen MR) is 218 cm³/mol. The maximum atomic E-state index is 11.7. The number of aromatic hydroxyl groups is 1. The number of phenolic OH excluding ortho intramolecular Hbond substituents is 1. The van der Waals surface area contributed by atoms with Gasteiger partial charge in [0.1, 0.15) is 11.6 Å². The summed E-state index contributed by atoms with van der Waals surface area (Å²) in [6.07, 6.45) is 1.91. The fraction of sp³-hybridized carbons (Fsp3) is 0.250. The molecule has 0 amide bonds. The summed E-state index contributed by atoms with van der Waals surface area (Å²) < 4.78 is 2.23. The number of hydrogen-bond acceptors (Lipinski definition) is 3. The first-order chi connectivity index (χ1) is 24.6. The van der Waals surface area contributed by atoms with E-state index in [0.717, 1.165) is 50.2 Å². The van der Waals surface area contributed by atoms with Crippen molar-refractivity contribution in [3.63, 3.8) is 0 Å². The van der Waals surface area contributed by atoms with Crippen LogP contribution in [0.3, 0.4) is 0 Å². The summed E-state index contributed by atoms with van der Waals surface area (Å²) in [6.45, 7) is 20.2. The minimum absolute atomic E-state index is 0.0200. The molecule has 0 aliphatic heterocycles. The number of fused-ring (bicyclic) bond motifs is 1. The molecular formula is C48H49N3O. The Labute approximate surface area is 308 Å². The molecule has 7 aromatic rings.